The molecule has 2 rings (SSSR count). The van der Waals surface area contributed by atoms with Crippen molar-refractivity contribution in [1.82, 2.24) is 14.7 Å². The Bertz CT molecular complexity index is 733. The van der Waals surface area contributed by atoms with Gasteiger partial charge in [-0.15, -0.1) is 0 Å². The van der Waals surface area contributed by atoms with Gasteiger partial charge < -0.3 is 15.0 Å². The lowest BCUT2D eigenvalue weighted by atomic mass is 10.1. The molecule has 0 aliphatic rings. The van der Waals surface area contributed by atoms with E-state index in [1.54, 1.807) is 7.11 Å². The Balaban J connectivity index is 1.98. The van der Waals surface area contributed by atoms with Crippen LogP contribution < -0.4 is 15.0 Å². The second-order valence-corrected chi connectivity index (χ2v) is 8.04. The highest BCUT2D eigenvalue weighted by atomic mass is 32.1. The predicted molar refractivity (Wildman–Crippen MR) is 115 cm³/mol. The molecular weight excluding hydrogens is 372 g/mol. The maximum atomic E-state index is 12.1. The second kappa shape index (κ2) is 11.6. The molecule has 0 bridgehead atoms. The van der Waals surface area contributed by atoms with Crippen molar-refractivity contribution in [2.75, 3.05) is 31.6 Å². The van der Waals surface area contributed by atoms with Crippen LogP contribution in [-0.2, 0) is 11.2 Å². The number of hydrogen-bond acceptors (Lipinski definition) is 6. The van der Waals surface area contributed by atoms with Gasteiger partial charge in [-0.25, -0.2) is 4.98 Å². The van der Waals surface area contributed by atoms with Gasteiger partial charge in [-0.2, -0.15) is 4.37 Å². The number of aromatic nitrogens is 2. The second-order valence-electron chi connectivity index (χ2n) is 7.31. The molecule has 154 valence electrons. The Morgan fingerprint density at radius 1 is 1.32 bits per heavy atom. The first kappa shape index (κ1) is 22.1. The van der Waals surface area contributed by atoms with E-state index >= 15 is 0 Å². The van der Waals surface area contributed by atoms with Gasteiger partial charge in [0.1, 0.15) is 11.6 Å². The summed E-state index contributed by atoms with van der Waals surface area (Å²) in [5.74, 6) is 2.20. The lowest BCUT2D eigenvalue weighted by molar-refractivity contribution is -0.121. The molecule has 1 amide bonds. The quantitative estimate of drug-likeness (QED) is 0.581. The molecule has 0 fully saturated rings. The van der Waals surface area contributed by atoms with Crippen molar-refractivity contribution in [3.8, 4) is 5.75 Å². The molecule has 1 N–H and O–H groups in total. The fourth-order valence-electron chi connectivity index (χ4n) is 2.70. The molecule has 1 aromatic heterocycles. The van der Waals surface area contributed by atoms with Crippen LogP contribution >= 0.6 is 11.5 Å². The van der Waals surface area contributed by atoms with Crippen molar-refractivity contribution in [2.45, 2.75) is 46.5 Å². The van der Waals surface area contributed by atoms with Crippen LogP contribution in [0.1, 0.15) is 51.4 Å². The van der Waals surface area contributed by atoms with Crippen molar-refractivity contribution in [1.29, 1.82) is 0 Å². The number of carbonyl (C=O) groups is 1. The Labute approximate surface area is 172 Å². The smallest absolute Gasteiger partial charge is 0.221 e. The van der Waals surface area contributed by atoms with Gasteiger partial charge >= 0.3 is 0 Å². The fraction of sp³-hybridized carbons (Fsp3) is 0.571. The summed E-state index contributed by atoms with van der Waals surface area (Å²) in [4.78, 5) is 19.0. The minimum absolute atomic E-state index is 0.0938. The highest BCUT2D eigenvalue weighted by Gasteiger charge is 2.14. The molecule has 0 saturated carbocycles. The first-order valence-electron chi connectivity index (χ1n) is 9.99. The molecular formula is C21H32N4O2S. The topological polar surface area (TPSA) is 67.4 Å². The predicted octanol–water partition coefficient (Wildman–Crippen LogP) is 3.91. The van der Waals surface area contributed by atoms with Crippen LogP contribution in [0, 0.1) is 5.92 Å². The van der Waals surface area contributed by atoms with E-state index in [0.29, 0.717) is 25.3 Å². The van der Waals surface area contributed by atoms with Crippen molar-refractivity contribution >= 4 is 22.6 Å². The van der Waals surface area contributed by atoms with Crippen LogP contribution in [-0.4, -0.2) is 42.0 Å². The van der Waals surface area contributed by atoms with E-state index in [0.717, 1.165) is 48.2 Å². The van der Waals surface area contributed by atoms with E-state index in [-0.39, 0.29) is 5.91 Å². The van der Waals surface area contributed by atoms with Gasteiger partial charge in [0.25, 0.3) is 0 Å². The Kier molecular flexibility index (Phi) is 9.20. The monoisotopic (exact) mass is 404 g/mol. The molecule has 0 aliphatic carbocycles. The molecule has 2 aromatic rings. The Hall–Kier alpha value is -2.15. The largest absolute Gasteiger partial charge is 0.497 e. The number of carbonyl (C=O) groups excluding carboxylic acids is 1. The van der Waals surface area contributed by atoms with Crippen molar-refractivity contribution in [3.05, 3.63) is 35.7 Å². The third-order valence-corrected chi connectivity index (χ3v) is 5.14. The molecule has 1 heterocycles. The van der Waals surface area contributed by atoms with Gasteiger partial charge in [0.2, 0.25) is 11.0 Å². The van der Waals surface area contributed by atoms with E-state index in [1.807, 2.05) is 18.2 Å². The van der Waals surface area contributed by atoms with Crippen molar-refractivity contribution in [3.63, 3.8) is 0 Å². The molecule has 6 nitrogen and oxygen atoms in total. The molecule has 0 saturated heterocycles. The number of methoxy groups -OCH3 is 1. The number of benzene rings is 1. The number of ether oxygens (including phenoxy) is 1. The van der Waals surface area contributed by atoms with Gasteiger partial charge in [0.05, 0.1) is 7.11 Å². The van der Waals surface area contributed by atoms with Gasteiger partial charge in [0, 0.05) is 44.0 Å². The maximum Gasteiger partial charge on any atom is 0.221 e. The fourth-order valence-corrected chi connectivity index (χ4v) is 3.44. The number of anilines is 1. The molecule has 0 spiro atoms. The number of nitrogens with one attached hydrogen (secondary N) is 1. The first-order chi connectivity index (χ1) is 13.5. The summed E-state index contributed by atoms with van der Waals surface area (Å²) in [5.41, 5.74) is 1.12. The average molecular weight is 405 g/mol. The zero-order chi connectivity index (χ0) is 20.4. The van der Waals surface area contributed by atoms with Crippen molar-refractivity contribution in [2.24, 2.45) is 5.92 Å². The van der Waals surface area contributed by atoms with E-state index in [9.17, 15) is 4.79 Å². The molecule has 28 heavy (non-hydrogen) atoms. The average Bonchev–Trinajstić information content (AvgIpc) is 3.14. The number of amides is 1. The van der Waals surface area contributed by atoms with E-state index in [2.05, 4.69) is 41.4 Å². The van der Waals surface area contributed by atoms with Crippen LogP contribution in [0.2, 0.25) is 0 Å². The van der Waals surface area contributed by atoms with E-state index in [4.69, 9.17) is 9.72 Å². The summed E-state index contributed by atoms with van der Waals surface area (Å²) < 4.78 is 9.81. The molecule has 0 aliphatic heterocycles. The maximum absolute atomic E-state index is 12.1. The van der Waals surface area contributed by atoms with Crippen LogP contribution in [0.3, 0.4) is 0 Å². The van der Waals surface area contributed by atoms with Crippen LogP contribution in [0.5, 0.6) is 5.75 Å². The number of unbranched alkanes of at least 4 members (excludes halogenated alkanes) is 1. The minimum Gasteiger partial charge on any atom is -0.497 e. The molecule has 7 heteroatoms. The highest BCUT2D eigenvalue weighted by Crippen LogP contribution is 2.21. The Morgan fingerprint density at radius 3 is 2.86 bits per heavy atom. The van der Waals surface area contributed by atoms with Gasteiger partial charge in [-0.3, -0.25) is 4.79 Å². The SMILES string of the molecule is CCCCN(CCC(=O)NCC(C)C)c1nc(Cc2cccc(OC)c2)ns1. The van der Waals surface area contributed by atoms with Gasteiger partial charge in [0.15, 0.2) is 0 Å². The number of rotatable bonds is 12. The normalized spacial score (nSPS) is 10.9. The van der Waals surface area contributed by atoms with Gasteiger partial charge in [-0.1, -0.05) is 39.3 Å². The Morgan fingerprint density at radius 2 is 2.14 bits per heavy atom. The molecule has 0 radical (unpaired) electrons. The summed E-state index contributed by atoms with van der Waals surface area (Å²) in [7, 11) is 1.67. The van der Waals surface area contributed by atoms with E-state index in [1.165, 1.54) is 11.5 Å². The molecule has 1 aromatic carbocycles. The highest BCUT2D eigenvalue weighted by molar-refractivity contribution is 7.09. The van der Waals surface area contributed by atoms with Crippen LogP contribution in [0.15, 0.2) is 24.3 Å². The lowest BCUT2D eigenvalue weighted by Gasteiger charge is -2.21. The zero-order valence-electron chi connectivity index (χ0n) is 17.4. The number of nitrogens with zero attached hydrogens (tertiary/aromatic N) is 3. The standard InChI is InChI=1S/C21H32N4O2S/c1-5-6-11-25(12-10-20(26)22-15-16(2)3)21-23-19(24-28-21)14-17-8-7-9-18(13-17)27-4/h7-9,13,16H,5-6,10-12,14-15H2,1-4H3,(H,22,26). The zero-order valence-corrected chi connectivity index (χ0v) is 18.2. The number of hydrogen-bond donors (Lipinski definition) is 1. The van der Waals surface area contributed by atoms with Crippen molar-refractivity contribution < 1.29 is 9.53 Å². The summed E-state index contributed by atoms with van der Waals surface area (Å²) in [5, 5.41) is 3.88. The van der Waals surface area contributed by atoms with Gasteiger partial charge in [-0.05, 0) is 30.0 Å². The summed E-state index contributed by atoms with van der Waals surface area (Å²) >= 11 is 1.41. The third kappa shape index (κ3) is 7.46. The lowest BCUT2D eigenvalue weighted by Crippen LogP contribution is -2.33. The molecule has 0 unspecified atom stereocenters. The van der Waals surface area contributed by atoms with Crippen LogP contribution in [0.25, 0.3) is 0 Å². The minimum atomic E-state index is 0.0938. The van der Waals surface area contributed by atoms with Crippen LogP contribution in [0.4, 0.5) is 5.13 Å². The summed E-state index contributed by atoms with van der Waals surface area (Å²) in [6.45, 7) is 8.64. The summed E-state index contributed by atoms with van der Waals surface area (Å²) in [6, 6.07) is 7.97. The first-order valence-corrected chi connectivity index (χ1v) is 10.8. The molecule has 0 atom stereocenters. The summed E-state index contributed by atoms with van der Waals surface area (Å²) in [6.07, 6.45) is 3.31. The van der Waals surface area contributed by atoms with E-state index < -0.39 is 0 Å². The third-order valence-electron chi connectivity index (χ3n) is 4.32.